The number of hydrogen-bond acceptors (Lipinski definition) is 15. The van der Waals surface area contributed by atoms with E-state index < -0.39 is 97.5 Å². The van der Waals surface area contributed by atoms with E-state index in [-0.39, 0.29) is 25.7 Å². The molecular formula is C72H140O17P2. The molecule has 0 bridgehead atoms. The van der Waals surface area contributed by atoms with E-state index in [1.165, 1.54) is 167 Å². The van der Waals surface area contributed by atoms with Gasteiger partial charge in [0.2, 0.25) is 0 Å². The van der Waals surface area contributed by atoms with Crippen LogP contribution in [0.5, 0.6) is 0 Å². The third-order valence-electron chi connectivity index (χ3n) is 17.4. The molecule has 0 aromatic heterocycles. The van der Waals surface area contributed by atoms with Crippen molar-refractivity contribution in [1.29, 1.82) is 0 Å². The van der Waals surface area contributed by atoms with Gasteiger partial charge in [-0.15, -0.1) is 0 Å². The van der Waals surface area contributed by atoms with E-state index in [4.69, 9.17) is 37.0 Å². The topological polar surface area (TPSA) is 237 Å². The summed E-state index contributed by atoms with van der Waals surface area (Å²) in [7, 11) is -9.90. The minimum Gasteiger partial charge on any atom is -0.462 e. The van der Waals surface area contributed by atoms with Crippen molar-refractivity contribution in [2.45, 2.75) is 381 Å². The smallest absolute Gasteiger partial charge is 0.462 e. The molecule has 0 amide bonds. The molecule has 0 aromatic rings. The number of aliphatic hydroxyl groups is 1. The van der Waals surface area contributed by atoms with Crippen LogP contribution in [0.2, 0.25) is 0 Å². The van der Waals surface area contributed by atoms with Gasteiger partial charge < -0.3 is 33.8 Å². The third-order valence-corrected chi connectivity index (χ3v) is 19.3. The number of unbranched alkanes of at least 4 members (excludes halogenated alkanes) is 36. The highest BCUT2D eigenvalue weighted by Gasteiger charge is 2.30. The lowest BCUT2D eigenvalue weighted by Gasteiger charge is -2.21. The molecule has 0 spiro atoms. The number of hydrogen-bond donors (Lipinski definition) is 3. The Hall–Kier alpha value is -1.94. The van der Waals surface area contributed by atoms with E-state index in [2.05, 4.69) is 48.5 Å². The standard InChI is InChI=1S/C72H140O17P2/c1-8-11-12-36-46-53-69(74)82-59-67(88-71(76)56-49-42-35-29-23-22-26-32-39-45-52-65(7)10-3)61-86-90(78,79)84-57-66(73)58-85-91(80,81)87-62-68(60-83-70(75)54-47-40-33-27-21-17-18-24-30-37-43-50-63(4)5)89-72(77)55-48-41-34-28-20-16-14-13-15-19-25-31-38-44-51-64(6)9-2/h63-68,73H,8-62H2,1-7H3,(H,78,79)(H,80,81)/t64?,65?,66-,67+,68+/m0/s1. The van der Waals surface area contributed by atoms with Crippen LogP contribution in [0.1, 0.15) is 363 Å². The summed E-state index contributed by atoms with van der Waals surface area (Å²) in [6, 6.07) is 0. The fourth-order valence-corrected chi connectivity index (χ4v) is 12.4. The first-order valence-electron chi connectivity index (χ1n) is 37.4. The number of aliphatic hydroxyl groups excluding tert-OH is 1. The minimum atomic E-state index is -4.95. The molecule has 17 nitrogen and oxygen atoms in total. The summed E-state index contributed by atoms with van der Waals surface area (Å²) in [5.74, 6) is 0.286. The lowest BCUT2D eigenvalue weighted by molar-refractivity contribution is -0.161. The van der Waals surface area contributed by atoms with Crippen LogP contribution in [0.3, 0.4) is 0 Å². The molecule has 0 saturated heterocycles. The summed E-state index contributed by atoms with van der Waals surface area (Å²) in [6.07, 6.45) is 47.4. The van der Waals surface area contributed by atoms with Gasteiger partial charge in [-0.1, -0.05) is 312 Å². The van der Waals surface area contributed by atoms with Crippen LogP contribution in [0.15, 0.2) is 0 Å². The number of rotatable bonds is 70. The highest BCUT2D eigenvalue weighted by atomic mass is 31.2. The van der Waals surface area contributed by atoms with Crippen LogP contribution in [-0.2, 0) is 65.4 Å². The van der Waals surface area contributed by atoms with Crippen molar-refractivity contribution < 1.29 is 80.2 Å². The van der Waals surface area contributed by atoms with Crippen molar-refractivity contribution in [2.24, 2.45) is 17.8 Å². The largest absolute Gasteiger partial charge is 0.472 e. The van der Waals surface area contributed by atoms with Crippen LogP contribution in [0.4, 0.5) is 0 Å². The highest BCUT2D eigenvalue weighted by Crippen LogP contribution is 2.45. The molecule has 0 aliphatic rings. The Balaban J connectivity index is 5.16. The SMILES string of the molecule is CCCCCCCC(=O)OC[C@H](COP(=O)(O)OC[C@H](O)COP(=O)(O)OC[C@@H](COC(=O)CCCCCCCCCCCCCC(C)C)OC(=O)CCCCCCCCCCCCCCCCC(C)CC)OC(=O)CCCCCCCCCCCCC(C)CC. The zero-order valence-corrected chi connectivity index (χ0v) is 61.1. The molecule has 3 N–H and O–H groups in total. The summed E-state index contributed by atoms with van der Waals surface area (Å²) in [6.45, 7) is 11.9. The summed E-state index contributed by atoms with van der Waals surface area (Å²) in [4.78, 5) is 72.4. The normalized spacial score (nSPS) is 14.8. The van der Waals surface area contributed by atoms with E-state index in [0.717, 1.165) is 114 Å². The van der Waals surface area contributed by atoms with E-state index in [0.29, 0.717) is 25.7 Å². The molecule has 0 rings (SSSR count). The lowest BCUT2D eigenvalue weighted by Crippen LogP contribution is -2.30. The molecule has 0 saturated carbocycles. The minimum absolute atomic E-state index is 0.105. The van der Waals surface area contributed by atoms with Gasteiger partial charge >= 0.3 is 39.5 Å². The van der Waals surface area contributed by atoms with E-state index in [1.54, 1.807) is 0 Å². The van der Waals surface area contributed by atoms with Gasteiger partial charge in [0, 0.05) is 25.7 Å². The number of phosphoric ester groups is 2. The quantitative estimate of drug-likeness (QED) is 0.0222. The second-order valence-electron chi connectivity index (χ2n) is 26.9. The molecule has 0 heterocycles. The average molecular weight is 1340 g/mol. The van der Waals surface area contributed by atoms with Crippen molar-refractivity contribution in [3.8, 4) is 0 Å². The summed E-state index contributed by atoms with van der Waals surface area (Å²) in [5.41, 5.74) is 0. The molecule has 0 aliphatic heterocycles. The van der Waals surface area contributed by atoms with Crippen LogP contribution in [0.25, 0.3) is 0 Å². The Kier molecular flexibility index (Phi) is 61.5. The Morgan fingerprint density at radius 2 is 0.560 bits per heavy atom. The molecule has 0 fully saturated rings. The first-order chi connectivity index (χ1) is 43.8. The van der Waals surface area contributed by atoms with E-state index in [1.807, 2.05) is 0 Å². The van der Waals surface area contributed by atoms with Crippen molar-refractivity contribution in [3.63, 3.8) is 0 Å². The number of ether oxygens (including phenoxy) is 4. The maximum Gasteiger partial charge on any atom is 0.472 e. The molecule has 19 heteroatoms. The van der Waals surface area contributed by atoms with Gasteiger partial charge in [-0.25, -0.2) is 9.13 Å². The Morgan fingerprint density at radius 1 is 0.319 bits per heavy atom. The molecule has 0 aliphatic carbocycles. The fourth-order valence-electron chi connectivity index (χ4n) is 10.8. The molecule has 540 valence electrons. The van der Waals surface area contributed by atoms with Gasteiger partial charge in [0.25, 0.3) is 0 Å². The first kappa shape index (κ1) is 89.1. The second-order valence-corrected chi connectivity index (χ2v) is 29.8. The Morgan fingerprint density at radius 3 is 0.835 bits per heavy atom. The van der Waals surface area contributed by atoms with Crippen LogP contribution < -0.4 is 0 Å². The molecule has 91 heavy (non-hydrogen) atoms. The maximum atomic E-state index is 13.0. The van der Waals surface area contributed by atoms with Crippen molar-refractivity contribution in [1.82, 2.24) is 0 Å². The maximum absolute atomic E-state index is 13.0. The first-order valence-corrected chi connectivity index (χ1v) is 40.4. The van der Waals surface area contributed by atoms with Crippen LogP contribution in [0, 0.1) is 17.8 Å². The van der Waals surface area contributed by atoms with Crippen molar-refractivity contribution in [3.05, 3.63) is 0 Å². The van der Waals surface area contributed by atoms with Gasteiger partial charge in [-0.3, -0.25) is 37.3 Å². The molecule has 0 aromatic carbocycles. The zero-order chi connectivity index (χ0) is 67.3. The fraction of sp³-hybridized carbons (Fsp3) is 0.944. The average Bonchev–Trinajstić information content (AvgIpc) is 2.19. The summed E-state index contributed by atoms with van der Waals surface area (Å²) >= 11 is 0. The predicted octanol–water partition coefficient (Wildman–Crippen LogP) is 20.6. The van der Waals surface area contributed by atoms with E-state index >= 15 is 0 Å². The summed E-state index contributed by atoms with van der Waals surface area (Å²) in [5, 5.41) is 10.6. The van der Waals surface area contributed by atoms with Crippen LogP contribution in [-0.4, -0.2) is 96.7 Å². The summed E-state index contributed by atoms with van der Waals surface area (Å²) < 4.78 is 68.2. The van der Waals surface area contributed by atoms with Gasteiger partial charge in [0.1, 0.15) is 19.3 Å². The van der Waals surface area contributed by atoms with Gasteiger partial charge in [0.15, 0.2) is 12.2 Å². The molecular weight excluding hydrogens is 1200 g/mol. The number of phosphoric acid groups is 2. The van der Waals surface area contributed by atoms with Gasteiger partial charge in [-0.2, -0.15) is 0 Å². The molecule has 0 radical (unpaired) electrons. The lowest BCUT2D eigenvalue weighted by atomic mass is 9.99. The van der Waals surface area contributed by atoms with Gasteiger partial charge in [-0.05, 0) is 43.4 Å². The zero-order valence-electron chi connectivity index (χ0n) is 59.3. The predicted molar refractivity (Wildman–Crippen MR) is 368 cm³/mol. The third kappa shape index (κ3) is 63.9. The number of carbonyl (C=O) groups is 4. The monoisotopic (exact) mass is 1340 g/mol. The second kappa shape index (κ2) is 62.8. The Bertz CT molecular complexity index is 1790. The highest BCUT2D eigenvalue weighted by molar-refractivity contribution is 7.47. The van der Waals surface area contributed by atoms with E-state index in [9.17, 15) is 43.2 Å². The molecule has 7 atom stereocenters. The Labute approximate surface area is 556 Å². The molecule has 4 unspecified atom stereocenters. The number of carbonyl (C=O) groups excluding carboxylic acids is 4. The van der Waals surface area contributed by atoms with Crippen molar-refractivity contribution in [2.75, 3.05) is 39.6 Å². The van der Waals surface area contributed by atoms with Crippen LogP contribution >= 0.6 is 15.6 Å². The van der Waals surface area contributed by atoms with Gasteiger partial charge in [0.05, 0.1) is 26.4 Å². The van der Waals surface area contributed by atoms with Crippen molar-refractivity contribution >= 4 is 39.5 Å². The number of esters is 4.